The second kappa shape index (κ2) is 5.72. The molecule has 1 heterocycles. The summed E-state index contributed by atoms with van der Waals surface area (Å²) in [5, 5.41) is 7.21. The molecule has 0 saturated heterocycles. The van der Waals surface area contributed by atoms with Gasteiger partial charge in [0.1, 0.15) is 5.54 Å². The third-order valence-electron chi connectivity index (χ3n) is 3.94. The normalized spacial score (nSPS) is 19.3. The number of rotatable bonds is 5. The molecule has 1 aliphatic carbocycles. The smallest absolute Gasteiger partial charge is 0.223 e. The predicted octanol–water partition coefficient (Wildman–Crippen LogP) is 2.70. The summed E-state index contributed by atoms with van der Waals surface area (Å²) in [7, 11) is 0. The number of hydrogen-bond acceptors (Lipinski definition) is 4. The van der Waals surface area contributed by atoms with Gasteiger partial charge in [-0.25, -0.2) is 0 Å². The van der Waals surface area contributed by atoms with Gasteiger partial charge in [-0.15, -0.1) is 0 Å². The lowest BCUT2D eigenvalue weighted by molar-refractivity contribution is -0.127. The molecule has 1 amide bonds. The first-order chi connectivity index (χ1) is 9.07. The van der Waals surface area contributed by atoms with Crippen LogP contribution in [-0.2, 0) is 10.3 Å². The molecule has 1 aromatic heterocycles. The Morgan fingerprint density at radius 1 is 1.47 bits per heavy atom. The zero-order chi connectivity index (χ0) is 13.9. The molecular formula is C14H23N3O2. The summed E-state index contributed by atoms with van der Waals surface area (Å²) >= 11 is 0. The maximum Gasteiger partial charge on any atom is 0.223 e. The summed E-state index contributed by atoms with van der Waals surface area (Å²) in [5.74, 6) is 1.33. The third kappa shape index (κ3) is 2.96. The van der Waals surface area contributed by atoms with E-state index in [0.717, 1.165) is 38.5 Å². The Morgan fingerprint density at radius 2 is 2.16 bits per heavy atom. The van der Waals surface area contributed by atoms with Gasteiger partial charge in [0.05, 0.1) is 0 Å². The Hall–Kier alpha value is -1.39. The molecule has 5 nitrogen and oxygen atoms in total. The maximum absolute atomic E-state index is 12.3. The quantitative estimate of drug-likeness (QED) is 0.888. The maximum atomic E-state index is 12.3. The van der Waals surface area contributed by atoms with Crippen molar-refractivity contribution >= 4 is 5.91 Å². The molecule has 0 aromatic carbocycles. The van der Waals surface area contributed by atoms with Crippen LogP contribution in [0.1, 0.15) is 64.1 Å². The Morgan fingerprint density at radius 3 is 2.68 bits per heavy atom. The number of carbonyl (C=O) groups is 1. The summed E-state index contributed by atoms with van der Waals surface area (Å²) < 4.78 is 5.08. The minimum absolute atomic E-state index is 0.0375. The first-order valence-corrected chi connectivity index (χ1v) is 7.20. The molecule has 1 saturated carbocycles. The van der Waals surface area contributed by atoms with Crippen molar-refractivity contribution in [3.8, 4) is 0 Å². The van der Waals surface area contributed by atoms with E-state index in [9.17, 15) is 4.79 Å². The zero-order valence-electron chi connectivity index (χ0n) is 12.0. The van der Waals surface area contributed by atoms with Crippen molar-refractivity contribution in [2.75, 3.05) is 0 Å². The number of aromatic nitrogens is 2. The summed E-state index contributed by atoms with van der Waals surface area (Å²) in [6.07, 6.45) is 5.91. The molecule has 0 spiro atoms. The van der Waals surface area contributed by atoms with Gasteiger partial charge in [0, 0.05) is 12.8 Å². The molecular weight excluding hydrogens is 242 g/mol. The molecule has 1 aliphatic rings. The number of aryl methyl sites for hydroxylation is 1. The van der Waals surface area contributed by atoms with Crippen molar-refractivity contribution in [2.45, 2.75) is 64.8 Å². The van der Waals surface area contributed by atoms with Crippen molar-refractivity contribution in [3.05, 3.63) is 11.7 Å². The van der Waals surface area contributed by atoms with Crippen LogP contribution < -0.4 is 5.32 Å². The van der Waals surface area contributed by atoms with Crippen molar-refractivity contribution in [1.29, 1.82) is 0 Å². The van der Waals surface area contributed by atoms with Gasteiger partial charge in [0.25, 0.3) is 0 Å². The topological polar surface area (TPSA) is 68.0 Å². The average molecular weight is 265 g/mol. The van der Waals surface area contributed by atoms with Crippen molar-refractivity contribution in [3.63, 3.8) is 0 Å². The molecule has 0 aliphatic heterocycles. The Bertz CT molecular complexity index is 436. The molecule has 1 aromatic rings. The largest absolute Gasteiger partial charge is 0.343 e. The van der Waals surface area contributed by atoms with E-state index >= 15 is 0 Å². The molecule has 19 heavy (non-hydrogen) atoms. The molecule has 2 rings (SSSR count). The van der Waals surface area contributed by atoms with Crippen LogP contribution in [-0.4, -0.2) is 16.0 Å². The third-order valence-corrected chi connectivity index (χ3v) is 3.94. The van der Waals surface area contributed by atoms with Crippen LogP contribution in [0.5, 0.6) is 0 Å². The fourth-order valence-electron chi connectivity index (χ4n) is 2.80. The lowest BCUT2D eigenvalue weighted by Gasteiger charge is -2.28. The van der Waals surface area contributed by atoms with E-state index in [-0.39, 0.29) is 11.8 Å². The molecule has 1 unspecified atom stereocenters. The fourth-order valence-corrected chi connectivity index (χ4v) is 2.80. The molecule has 1 fully saturated rings. The van der Waals surface area contributed by atoms with Crippen molar-refractivity contribution in [2.24, 2.45) is 5.92 Å². The molecule has 0 radical (unpaired) electrons. The van der Waals surface area contributed by atoms with Gasteiger partial charge in [-0.1, -0.05) is 38.3 Å². The average Bonchev–Trinajstić information content (AvgIpc) is 2.99. The van der Waals surface area contributed by atoms with Gasteiger partial charge in [0.15, 0.2) is 5.82 Å². The minimum atomic E-state index is -0.406. The second-order valence-electron chi connectivity index (χ2n) is 5.61. The SMILES string of the molecule is CCCC(C)C(=O)NC1(c2noc(C)n2)CCCC1. The number of carbonyl (C=O) groups excluding carboxylic acids is 1. The molecule has 1 N–H and O–H groups in total. The molecule has 5 heteroatoms. The highest BCUT2D eigenvalue weighted by Crippen LogP contribution is 2.37. The van der Waals surface area contributed by atoms with E-state index in [1.807, 2.05) is 6.92 Å². The van der Waals surface area contributed by atoms with E-state index in [1.54, 1.807) is 6.92 Å². The minimum Gasteiger partial charge on any atom is -0.343 e. The number of amides is 1. The summed E-state index contributed by atoms with van der Waals surface area (Å²) in [6, 6.07) is 0. The van der Waals surface area contributed by atoms with Crippen LogP contribution >= 0.6 is 0 Å². The Labute approximate surface area is 114 Å². The highest BCUT2D eigenvalue weighted by Gasteiger charge is 2.41. The monoisotopic (exact) mass is 265 g/mol. The van der Waals surface area contributed by atoms with Crippen LogP contribution in [0.25, 0.3) is 0 Å². The fraction of sp³-hybridized carbons (Fsp3) is 0.786. The first kappa shape index (κ1) is 14.0. The Balaban J connectivity index is 2.14. The first-order valence-electron chi connectivity index (χ1n) is 7.20. The highest BCUT2D eigenvalue weighted by molar-refractivity contribution is 5.79. The number of hydrogen-bond donors (Lipinski definition) is 1. The van der Waals surface area contributed by atoms with Crippen LogP contribution in [0.4, 0.5) is 0 Å². The lowest BCUT2D eigenvalue weighted by atomic mass is 9.94. The van der Waals surface area contributed by atoms with Gasteiger partial charge < -0.3 is 9.84 Å². The Kier molecular flexibility index (Phi) is 4.22. The van der Waals surface area contributed by atoms with Gasteiger partial charge in [-0.2, -0.15) is 4.98 Å². The van der Waals surface area contributed by atoms with Crippen LogP contribution in [0.3, 0.4) is 0 Å². The lowest BCUT2D eigenvalue weighted by Crippen LogP contribution is -2.46. The van der Waals surface area contributed by atoms with Gasteiger partial charge in [0.2, 0.25) is 11.8 Å². The summed E-state index contributed by atoms with van der Waals surface area (Å²) in [4.78, 5) is 16.6. The zero-order valence-corrected chi connectivity index (χ0v) is 12.0. The van der Waals surface area contributed by atoms with E-state index in [1.165, 1.54) is 0 Å². The van der Waals surface area contributed by atoms with E-state index in [2.05, 4.69) is 22.4 Å². The summed E-state index contributed by atoms with van der Waals surface area (Å²) in [5.41, 5.74) is -0.406. The predicted molar refractivity (Wildman–Crippen MR) is 71.4 cm³/mol. The van der Waals surface area contributed by atoms with E-state index in [0.29, 0.717) is 11.7 Å². The van der Waals surface area contributed by atoms with Crippen LogP contribution in [0.15, 0.2) is 4.52 Å². The number of nitrogens with zero attached hydrogens (tertiary/aromatic N) is 2. The van der Waals surface area contributed by atoms with Crippen molar-refractivity contribution in [1.82, 2.24) is 15.5 Å². The molecule has 106 valence electrons. The van der Waals surface area contributed by atoms with Crippen LogP contribution in [0, 0.1) is 12.8 Å². The number of nitrogens with one attached hydrogen (secondary N) is 1. The van der Waals surface area contributed by atoms with E-state index in [4.69, 9.17) is 4.52 Å². The van der Waals surface area contributed by atoms with Gasteiger partial charge in [-0.3, -0.25) is 4.79 Å². The summed E-state index contributed by atoms with van der Waals surface area (Å²) in [6.45, 7) is 5.85. The van der Waals surface area contributed by atoms with Gasteiger partial charge >= 0.3 is 0 Å². The highest BCUT2D eigenvalue weighted by atomic mass is 16.5. The van der Waals surface area contributed by atoms with Crippen LogP contribution in [0.2, 0.25) is 0 Å². The molecule has 0 bridgehead atoms. The molecule has 1 atom stereocenters. The van der Waals surface area contributed by atoms with E-state index < -0.39 is 5.54 Å². The second-order valence-corrected chi connectivity index (χ2v) is 5.61. The standard InChI is InChI=1S/C14H23N3O2/c1-4-7-10(2)12(18)16-14(8-5-6-9-14)13-15-11(3)19-17-13/h10H,4-9H2,1-3H3,(H,16,18). The van der Waals surface area contributed by atoms with Gasteiger partial charge in [-0.05, 0) is 19.3 Å². The van der Waals surface area contributed by atoms with Crippen molar-refractivity contribution < 1.29 is 9.32 Å².